The molecule has 1 aliphatic carbocycles. The van der Waals surface area contributed by atoms with Crippen LogP contribution in [0.4, 0.5) is 0 Å². The maximum atomic E-state index is 11.5. The molecule has 1 N–H and O–H groups in total. The summed E-state index contributed by atoms with van der Waals surface area (Å²) in [5.74, 6) is -0.0915. The smallest absolute Gasteiger partial charge is 0.356 e. The van der Waals surface area contributed by atoms with Gasteiger partial charge in [0.25, 0.3) is 0 Å². The summed E-state index contributed by atoms with van der Waals surface area (Å²) in [5.41, 5.74) is 2.53. The summed E-state index contributed by atoms with van der Waals surface area (Å²) >= 11 is 1.52. The lowest BCUT2D eigenvalue weighted by molar-refractivity contribution is 0.0692. The van der Waals surface area contributed by atoms with Crippen LogP contribution < -0.4 is 0 Å². The first-order valence-electron chi connectivity index (χ1n) is 6.91. The van der Waals surface area contributed by atoms with Crippen molar-refractivity contribution in [2.24, 2.45) is 0 Å². The topological polar surface area (TPSA) is 50.2 Å². The minimum atomic E-state index is -0.936. The molecule has 0 saturated heterocycles. The van der Waals surface area contributed by atoms with Gasteiger partial charge in [-0.25, -0.2) is 9.78 Å². The fourth-order valence-electron chi connectivity index (χ4n) is 2.37. The standard InChI is InChI=1S/C16H17NO2S/c1-9(2)15-17-13(16(18)19)14(20-15)12-6-4-3-5-11(12)10-7-8-10/h3-6,9-10H,7-8H2,1-2H3,(H,18,19). The van der Waals surface area contributed by atoms with Crippen molar-refractivity contribution in [3.63, 3.8) is 0 Å². The molecular weight excluding hydrogens is 270 g/mol. The number of nitrogens with zero attached hydrogens (tertiary/aromatic N) is 1. The monoisotopic (exact) mass is 287 g/mol. The summed E-state index contributed by atoms with van der Waals surface area (Å²) in [7, 11) is 0. The normalized spacial score (nSPS) is 14.8. The lowest BCUT2D eigenvalue weighted by atomic mass is 10.0. The molecule has 0 aliphatic heterocycles. The number of thiazole rings is 1. The second-order valence-electron chi connectivity index (χ2n) is 5.55. The van der Waals surface area contributed by atoms with Crippen LogP contribution in [0.1, 0.15) is 59.6 Å². The number of carboxylic acid groups (broad SMARTS) is 1. The Morgan fingerprint density at radius 3 is 2.65 bits per heavy atom. The van der Waals surface area contributed by atoms with Gasteiger partial charge in [0.1, 0.15) is 0 Å². The van der Waals surface area contributed by atoms with Crippen LogP contribution in [0.25, 0.3) is 10.4 Å². The number of hydrogen-bond donors (Lipinski definition) is 1. The molecule has 3 nitrogen and oxygen atoms in total. The van der Waals surface area contributed by atoms with E-state index in [0.717, 1.165) is 15.4 Å². The van der Waals surface area contributed by atoms with Gasteiger partial charge in [-0.15, -0.1) is 11.3 Å². The number of aromatic nitrogens is 1. The van der Waals surface area contributed by atoms with Crippen molar-refractivity contribution in [2.45, 2.75) is 38.5 Å². The molecule has 0 unspecified atom stereocenters. The second-order valence-corrected chi connectivity index (χ2v) is 6.58. The Morgan fingerprint density at radius 1 is 1.35 bits per heavy atom. The zero-order chi connectivity index (χ0) is 14.3. The van der Waals surface area contributed by atoms with E-state index in [-0.39, 0.29) is 11.6 Å². The van der Waals surface area contributed by atoms with E-state index in [4.69, 9.17) is 0 Å². The van der Waals surface area contributed by atoms with Gasteiger partial charge in [-0.1, -0.05) is 38.1 Å². The van der Waals surface area contributed by atoms with Crippen LogP contribution in [0.5, 0.6) is 0 Å². The van der Waals surface area contributed by atoms with E-state index in [1.165, 1.54) is 29.7 Å². The number of carbonyl (C=O) groups is 1. The number of benzene rings is 1. The van der Waals surface area contributed by atoms with Gasteiger partial charge in [-0.05, 0) is 29.9 Å². The van der Waals surface area contributed by atoms with Gasteiger partial charge in [0.15, 0.2) is 5.69 Å². The highest BCUT2D eigenvalue weighted by Crippen LogP contribution is 2.46. The number of aromatic carboxylic acids is 1. The van der Waals surface area contributed by atoms with E-state index < -0.39 is 5.97 Å². The molecule has 3 rings (SSSR count). The Bertz CT molecular complexity index is 656. The van der Waals surface area contributed by atoms with E-state index in [1.54, 1.807) is 0 Å². The molecule has 2 aromatic rings. The second kappa shape index (κ2) is 5.02. The van der Waals surface area contributed by atoms with Gasteiger partial charge in [-0.3, -0.25) is 0 Å². The third-order valence-corrected chi connectivity index (χ3v) is 4.95. The quantitative estimate of drug-likeness (QED) is 0.900. The Labute approximate surface area is 122 Å². The molecule has 104 valence electrons. The first-order chi connectivity index (χ1) is 9.58. The fraction of sp³-hybridized carbons (Fsp3) is 0.375. The zero-order valence-electron chi connectivity index (χ0n) is 11.6. The van der Waals surface area contributed by atoms with Gasteiger partial charge < -0.3 is 5.11 Å². The minimum Gasteiger partial charge on any atom is -0.476 e. The third-order valence-electron chi connectivity index (χ3n) is 3.56. The van der Waals surface area contributed by atoms with Crippen LogP contribution in [-0.4, -0.2) is 16.1 Å². The van der Waals surface area contributed by atoms with E-state index in [9.17, 15) is 9.90 Å². The molecule has 1 heterocycles. The summed E-state index contributed by atoms with van der Waals surface area (Å²) in [4.78, 5) is 16.6. The predicted molar refractivity (Wildman–Crippen MR) is 80.6 cm³/mol. The minimum absolute atomic E-state index is 0.201. The first kappa shape index (κ1) is 13.3. The predicted octanol–water partition coefficient (Wildman–Crippen LogP) is 4.51. The maximum Gasteiger partial charge on any atom is 0.356 e. The van der Waals surface area contributed by atoms with E-state index in [0.29, 0.717) is 5.92 Å². The third kappa shape index (κ3) is 2.36. The Hall–Kier alpha value is -1.68. The molecule has 1 aliphatic rings. The van der Waals surface area contributed by atoms with Crippen molar-refractivity contribution in [2.75, 3.05) is 0 Å². The first-order valence-corrected chi connectivity index (χ1v) is 7.73. The van der Waals surface area contributed by atoms with E-state index >= 15 is 0 Å². The highest BCUT2D eigenvalue weighted by Gasteiger charge is 2.29. The van der Waals surface area contributed by atoms with Crippen LogP contribution >= 0.6 is 11.3 Å². The molecule has 0 atom stereocenters. The lowest BCUT2D eigenvalue weighted by Gasteiger charge is -2.06. The number of rotatable bonds is 4. The summed E-state index contributed by atoms with van der Waals surface area (Å²) in [6, 6.07) is 8.15. The molecule has 20 heavy (non-hydrogen) atoms. The van der Waals surface area contributed by atoms with E-state index in [1.807, 2.05) is 32.0 Å². The molecule has 1 saturated carbocycles. The van der Waals surface area contributed by atoms with Gasteiger partial charge in [-0.2, -0.15) is 0 Å². The zero-order valence-corrected chi connectivity index (χ0v) is 12.4. The van der Waals surface area contributed by atoms with Crippen molar-refractivity contribution in [1.82, 2.24) is 4.98 Å². The Balaban J connectivity index is 2.16. The summed E-state index contributed by atoms with van der Waals surface area (Å²) in [5, 5.41) is 10.3. The van der Waals surface area contributed by atoms with Crippen molar-refractivity contribution < 1.29 is 9.90 Å². The summed E-state index contributed by atoms with van der Waals surface area (Å²) < 4.78 is 0. The highest BCUT2D eigenvalue weighted by molar-refractivity contribution is 7.15. The molecule has 1 aromatic carbocycles. The molecule has 1 fully saturated rings. The highest BCUT2D eigenvalue weighted by atomic mass is 32.1. The Kier molecular flexibility index (Phi) is 3.34. The van der Waals surface area contributed by atoms with Crippen molar-refractivity contribution in [3.8, 4) is 10.4 Å². The summed E-state index contributed by atoms with van der Waals surface area (Å²) in [6.07, 6.45) is 2.41. The van der Waals surface area contributed by atoms with Crippen LogP contribution in [0.15, 0.2) is 24.3 Å². The van der Waals surface area contributed by atoms with Crippen molar-refractivity contribution >= 4 is 17.3 Å². The van der Waals surface area contributed by atoms with Crippen molar-refractivity contribution in [3.05, 3.63) is 40.5 Å². The van der Waals surface area contributed by atoms with E-state index in [2.05, 4.69) is 11.1 Å². The fourth-order valence-corrected chi connectivity index (χ4v) is 3.47. The summed E-state index contributed by atoms with van der Waals surface area (Å²) in [6.45, 7) is 4.09. The average Bonchev–Trinajstić information content (AvgIpc) is 3.16. The van der Waals surface area contributed by atoms with Crippen LogP contribution in [-0.2, 0) is 0 Å². The van der Waals surface area contributed by atoms with Crippen LogP contribution in [0.3, 0.4) is 0 Å². The molecular formula is C16H17NO2S. The largest absolute Gasteiger partial charge is 0.476 e. The number of carboxylic acids is 1. The van der Waals surface area contributed by atoms with Gasteiger partial charge in [0.05, 0.1) is 9.88 Å². The van der Waals surface area contributed by atoms with Gasteiger partial charge in [0.2, 0.25) is 0 Å². The molecule has 4 heteroatoms. The van der Waals surface area contributed by atoms with Crippen LogP contribution in [0.2, 0.25) is 0 Å². The van der Waals surface area contributed by atoms with Crippen LogP contribution in [0, 0.1) is 0 Å². The molecule has 0 radical (unpaired) electrons. The lowest BCUT2D eigenvalue weighted by Crippen LogP contribution is -2.00. The maximum absolute atomic E-state index is 11.5. The molecule has 0 amide bonds. The molecule has 0 spiro atoms. The van der Waals surface area contributed by atoms with Crippen molar-refractivity contribution in [1.29, 1.82) is 0 Å². The molecule has 0 bridgehead atoms. The number of hydrogen-bond acceptors (Lipinski definition) is 3. The molecule has 1 aromatic heterocycles. The Morgan fingerprint density at radius 2 is 2.05 bits per heavy atom. The van der Waals surface area contributed by atoms with Gasteiger partial charge in [0, 0.05) is 5.92 Å². The van der Waals surface area contributed by atoms with Gasteiger partial charge >= 0.3 is 5.97 Å². The SMILES string of the molecule is CC(C)c1nc(C(=O)O)c(-c2ccccc2C2CC2)s1. The average molecular weight is 287 g/mol.